The maximum Gasteiger partial charge on any atom is 0.332 e. The van der Waals surface area contributed by atoms with Gasteiger partial charge in [0.25, 0.3) is 0 Å². The molecule has 4 atom stereocenters. The Morgan fingerprint density at radius 3 is 2.46 bits per heavy atom. The second kappa shape index (κ2) is 6.83. The monoisotopic (exact) mass is 361 g/mol. The van der Waals surface area contributed by atoms with E-state index < -0.39 is 17.4 Å². The number of nitrogens with zero attached hydrogens (tertiary/aromatic N) is 1. The largest absolute Gasteiger partial charge is 0.478 e. The number of rotatable bonds is 4. The van der Waals surface area contributed by atoms with E-state index >= 15 is 0 Å². The van der Waals surface area contributed by atoms with Crippen molar-refractivity contribution < 1.29 is 24.2 Å². The van der Waals surface area contributed by atoms with Gasteiger partial charge in [-0.15, -0.1) is 0 Å². The lowest BCUT2D eigenvalue weighted by Gasteiger charge is -2.49. The highest BCUT2D eigenvalue weighted by Gasteiger charge is 2.58. The van der Waals surface area contributed by atoms with E-state index in [4.69, 9.17) is 0 Å². The zero-order valence-electron chi connectivity index (χ0n) is 15.0. The van der Waals surface area contributed by atoms with E-state index in [1.807, 2.05) is 7.05 Å². The summed E-state index contributed by atoms with van der Waals surface area (Å²) in [5.41, 5.74) is 0.0331. The van der Waals surface area contributed by atoms with Crippen molar-refractivity contribution in [2.45, 2.75) is 25.7 Å². The van der Waals surface area contributed by atoms with Crippen LogP contribution < -0.4 is 0 Å². The van der Waals surface area contributed by atoms with E-state index in [1.165, 1.54) is 12.1 Å². The Balaban J connectivity index is 2.22. The Morgan fingerprint density at radius 2 is 1.88 bits per heavy atom. The molecule has 1 aliphatic carbocycles. The van der Waals surface area contributed by atoms with Crippen molar-refractivity contribution in [2.75, 3.05) is 20.1 Å². The first-order chi connectivity index (χ1) is 12.3. The molecular weight excluding hydrogens is 337 g/mol. The summed E-state index contributed by atoms with van der Waals surface area (Å²) in [4.78, 5) is 25.6. The summed E-state index contributed by atoms with van der Waals surface area (Å²) in [7, 11) is 1.94. The molecular formula is C20H24FNO4. The van der Waals surface area contributed by atoms with E-state index in [0.717, 1.165) is 31.0 Å². The van der Waals surface area contributed by atoms with Gasteiger partial charge < -0.3 is 15.1 Å². The smallest absolute Gasteiger partial charge is 0.332 e. The van der Waals surface area contributed by atoms with Gasteiger partial charge in [0, 0.05) is 24.6 Å². The minimum atomic E-state index is -1.25. The Kier molecular flexibility index (Phi) is 4.88. The fourth-order valence-corrected chi connectivity index (χ4v) is 5.31. The van der Waals surface area contributed by atoms with E-state index in [0.29, 0.717) is 6.54 Å². The van der Waals surface area contributed by atoms with Crippen LogP contribution >= 0.6 is 0 Å². The molecule has 140 valence electrons. The molecule has 1 aromatic rings. The second-order valence-corrected chi connectivity index (χ2v) is 7.72. The average molecular weight is 361 g/mol. The van der Waals surface area contributed by atoms with Crippen molar-refractivity contribution in [1.29, 1.82) is 0 Å². The molecule has 26 heavy (non-hydrogen) atoms. The molecule has 0 amide bonds. The van der Waals surface area contributed by atoms with Gasteiger partial charge in [0.05, 0.1) is 5.57 Å². The number of likely N-dealkylation sites (tertiary alicyclic amines) is 1. The number of carbonyl (C=O) groups is 2. The van der Waals surface area contributed by atoms with Crippen LogP contribution in [0.1, 0.15) is 31.2 Å². The van der Waals surface area contributed by atoms with Crippen LogP contribution in [-0.4, -0.2) is 47.2 Å². The van der Waals surface area contributed by atoms with Gasteiger partial charge in [-0.25, -0.2) is 14.0 Å². The fraction of sp³-hybridized carbons (Fsp3) is 0.500. The lowest BCUT2D eigenvalue weighted by Crippen LogP contribution is -2.47. The number of hydrogen-bond acceptors (Lipinski definition) is 3. The number of hydrogen-bond donors (Lipinski definition) is 2. The summed E-state index contributed by atoms with van der Waals surface area (Å²) in [6.45, 7) is 3.29. The van der Waals surface area contributed by atoms with Gasteiger partial charge in [0.2, 0.25) is 0 Å². The fourth-order valence-electron chi connectivity index (χ4n) is 5.31. The molecule has 0 unspecified atom stereocenters. The van der Waals surface area contributed by atoms with Gasteiger partial charge in [-0.05, 0) is 55.3 Å². The van der Waals surface area contributed by atoms with E-state index in [-0.39, 0.29) is 29.1 Å². The predicted molar refractivity (Wildman–Crippen MR) is 94.3 cm³/mol. The molecule has 2 N–H and O–H groups in total. The number of benzene rings is 1. The Morgan fingerprint density at radius 1 is 1.23 bits per heavy atom. The maximum atomic E-state index is 13.4. The van der Waals surface area contributed by atoms with Crippen LogP contribution in [0.3, 0.4) is 0 Å². The van der Waals surface area contributed by atoms with Crippen LogP contribution in [0, 0.1) is 23.1 Å². The Hall–Kier alpha value is -2.21. The van der Waals surface area contributed by atoms with Gasteiger partial charge in [0.1, 0.15) is 5.82 Å². The third kappa shape index (κ3) is 3.03. The van der Waals surface area contributed by atoms with Crippen LogP contribution in [0.25, 0.3) is 0 Å². The molecule has 1 saturated heterocycles. The van der Waals surface area contributed by atoms with Crippen molar-refractivity contribution in [1.82, 2.24) is 4.90 Å². The minimum absolute atomic E-state index is 0.0415. The number of fused-ring (bicyclic) bond motifs is 1. The second-order valence-electron chi connectivity index (χ2n) is 7.72. The van der Waals surface area contributed by atoms with Crippen molar-refractivity contribution >= 4 is 11.9 Å². The van der Waals surface area contributed by atoms with Gasteiger partial charge in [0.15, 0.2) is 0 Å². The summed E-state index contributed by atoms with van der Waals surface area (Å²) >= 11 is 0. The average Bonchev–Trinajstić information content (AvgIpc) is 2.90. The van der Waals surface area contributed by atoms with Crippen LogP contribution in [0.15, 0.2) is 35.9 Å². The lowest BCUT2D eigenvalue weighted by molar-refractivity contribution is -0.137. The summed E-state index contributed by atoms with van der Waals surface area (Å²) in [5.74, 6) is -2.73. The van der Waals surface area contributed by atoms with E-state index in [1.54, 1.807) is 12.1 Å². The molecule has 0 bridgehead atoms. The molecule has 6 heteroatoms. The first-order valence-electron chi connectivity index (χ1n) is 8.88. The first-order valence-corrected chi connectivity index (χ1v) is 8.88. The highest BCUT2D eigenvalue weighted by molar-refractivity contribution is 5.96. The molecule has 1 aliphatic heterocycles. The zero-order valence-corrected chi connectivity index (χ0v) is 15.0. The predicted octanol–water partition coefficient (Wildman–Crippen LogP) is 2.98. The van der Waals surface area contributed by atoms with Crippen LogP contribution in [0.5, 0.6) is 0 Å². The van der Waals surface area contributed by atoms with Crippen LogP contribution in [-0.2, 0) is 9.59 Å². The van der Waals surface area contributed by atoms with E-state index in [9.17, 15) is 24.2 Å². The van der Waals surface area contributed by atoms with Gasteiger partial charge in [-0.3, -0.25) is 0 Å². The molecule has 0 aromatic heterocycles. The molecule has 2 fully saturated rings. The quantitative estimate of drug-likeness (QED) is 0.806. The number of aliphatic carboxylic acids is 2. The topological polar surface area (TPSA) is 77.8 Å². The molecule has 0 spiro atoms. The standard InChI is InChI=1S/C20H24FNO4/c1-12-3-6-14-10-22(2)11-20(14,16(19(25)26)9-17(23)24)18(12)13-4-7-15(21)8-5-13/h4-5,7-9,12,14,18H,3,6,10-11H2,1-2H3,(H,23,24)(H,25,26)/t12-,14-,18+,20-/m1/s1. The lowest BCUT2D eigenvalue weighted by atomic mass is 9.53. The molecule has 2 aliphatic rings. The van der Waals surface area contributed by atoms with Gasteiger partial charge >= 0.3 is 11.9 Å². The van der Waals surface area contributed by atoms with Gasteiger partial charge in [-0.2, -0.15) is 0 Å². The molecule has 1 heterocycles. The molecule has 5 nitrogen and oxygen atoms in total. The summed E-state index contributed by atoms with van der Waals surface area (Å²) < 4.78 is 13.4. The van der Waals surface area contributed by atoms with Crippen LogP contribution in [0.2, 0.25) is 0 Å². The number of carboxylic acids is 2. The highest BCUT2D eigenvalue weighted by Crippen LogP contribution is 2.60. The van der Waals surface area contributed by atoms with Crippen molar-refractivity contribution in [3.63, 3.8) is 0 Å². The van der Waals surface area contributed by atoms with Gasteiger partial charge in [-0.1, -0.05) is 19.1 Å². The number of carboxylic acid groups (broad SMARTS) is 2. The Labute approximate surface area is 152 Å². The highest BCUT2D eigenvalue weighted by atomic mass is 19.1. The molecule has 1 aromatic carbocycles. The van der Waals surface area contributed by atoms with Crippen LogP contribution in [0.4, 0.5) is 4.39 Å². The first kappa shape index (κ1) is 18.6. The molecule has 3 rings (SSSR count). The third-order valence-electron chi connectivity index (χ3n) is 6.12. The van der Waals surface area contributed by atoms with Crippen molar-refractivity contribution in [2.24, 2.45) is 17.3 Å². The van der Waals surface area contributed by atoms with Crippen molar-refractivity contribution in [3.05, 3.63) is 47.3 Å². The normalized spacial score (nSPS) is 32.3. The third-order valence-corrected chi connectivity index (χ3v) is 6.12. The summed E-state index contributed by atoms with van der Waals surface area (Å²) in [6, 6.07) is 6.19. The molecule has 1 saturated carbocycles. The number of halogens is 1. The summed E-state index contributed by atoms with van der Waals surface area (Å²) in [5, 5.41) is 19.2. The Bertz CT molecular complexity index is 745. The minimum Gasteiger partial charge on any atom is -0.478 e. The van der Waals surface area contributed by atoms with E-state index in [2.05, 4.69) is 11.8 Å². The zero-order chi connectivity index (χ0) is 19.1. The maximum absolute atomic E-state index is 13.4. The molecule has 0 radical (unpaired) electrons. The van der Waals surface area contributed by atoms with Crippen molar-refractivity contribution in [3.8, 4) is 0 Å². The SMILES string of the molecule is C[C@@H]1CC[C@@H]2CN(C)C[C@@]2(C(=CC(=O)O)C(=O)O)[C@@H]1c1ccc(F)cc1. The summed E-state index contributed by atoms with van der Waals surface area (Å²) in [6.07, 6.45) is 2.65.